The minimum Gasteiger partial charge on any atom is -0.383 e. The van der Waals surface area contributed by atoms with Gasteiger partial charge in [-0.3, -0.25) is 9.59 Å². The highest BCUT2D eigenvalue weighted by Crippen LogP contribution is 2.25. The Labute approximate surface area is 186 Å². The zero-order chi connectivity index (χ0) is 23.3. The Morgan fingerprint density at radius 1 is 1.16 bits per heavy atom. The van der Waals surface area contributed by atoms with Gasteiger partial charge in [-0.15, -0.1) is 0 Å². The van der Waals surface area contributed by atoms with Crippen LogP contribution in [0.1, 0.15) is 20.7 Å². The maximum absolute atomic E-state index is 12.2. The summed E-state index contributed by atoms with van der Waals surface area (Å²) in [5.41, 5.74) is 12.9. The first-order chi connectivity index (χ1) is 15.3. The van der Waals surface area contributed by atoms with E-state index in [2.05, 4.69) is 20.6 Å². The fraction of sp³-hybridized carbons (Fsp3) is 0.273. The van der Waals surface area contributed by atoms with Crippen molar-refractivity contribution >= 4 is 40.0 Å². The summed E-state index contributed by atoms with van der Waals surface area (Å²) in [6.45, 7) is 0.781. The molecule has 0 aliphatic heterocycles. The van der Waals surface area contributed by atoms with Gasteiger partial charge in [-0.05, 0) is 35.0 Å². The SMILES string of the molecule is COC[C@@H](N)CNc1ncc(C(N)=O)c(Nc2ccc3cc(C(=O)N(C)C)ccc3c2)n1. The van der Waals surface area contributed by atoms with Crippen LogP contribution >= 0.6 is 0 Å². The van der Waals surface area contributed by atoms with Gasteiger partial charge in [-0.1, -0.05) is 12.1 Å². The van der Waals surface area contributed by atoms with Gasteiger partial charge >= 0.3 is 0 Å². The molecule has 0 aliphatic carbocycles. The number of nitrogens with one attached hydrogen (secondary N) is 2. The molecule has 3 aromatic rings. The minimum atomic E-state index is -0.650. The molecule has 10 heteroatoms. The molecule has 0 spiro atoms. The first kappa shape index (κ1) is 22.9. The standard InChI is InChI=1S/C22H27N7O3/c1-29(2)21(31)15-5-4-14-9-17(7-6-13(14)8-15)27-20-18(19(24)30)11-26-22(28-20)25-10-16(23)12-32-3/h4-9,11,16H,10,12,23H2,1-3H3,(H2,24,30)(H2,25,26,27,28)/t16-/m0/s1. The average molecular weight is 438 g/mol. The van der Waals surface area contributed by atoms with E-state index < -0.39 is 5.91 Å². The van der Waals surface area contributed by atoms with Crippen molar-refractivity contribution < 1.29 is 14.3 Å². The summed E-state index contributed by atoms with van der Waals surface area (Å²) in [5.74, 6) is -0.139. The number of carbonyl (C=O) groups excluding carboxylic acids is 2. The van der Waals surface area contributed by atoms with E-state index in [1.165, 1.54) is 11.1 Å². The zero-order valence-corrected chi connectivity index (χ0v) is 18.3. The van der Waals surface area contributed by atoms with E-state index in [1.54, 1.807) is 27.3 Å². The van der Waals surface area contributed by atoms with Crippen molar-refractivity contribution in [1.29, 1.82) is 0 Å². The fourth-order valence-corrected chi connectivity index (χ4v) is 3.09. The van der Waals surface area contributed by atoms with E-state index >= 15 is 0 Å². The summed E-state index contributed by atoms with van der Waals surface area (Å²) in [5, 5.41) is 7.99. The van der Waals surface area contributed by atoms with Crippen LogP contribution in [0.4, 0.5) is 17.5 Å². The van der Waals surface area contributed by atoms with E-state index in [0.717, 1.165) is 10.8 Å². The minimum absolute atomic E-state index is 0.0635. The summed E-state index contributed by atoms with van der Waals surface area (Å²) in [4.78, 5) is 34.1. The summed E-state index contributed by atoms with van der Waals surface area (Å²) in [7, 11) is 5.00. The predicted octanol–water partition coefficient (Wildman–Crippen LogP) is 1.56. The molecule has 0 unspecified atom stereocenters. The van der Waals surface area contributed by atoms with Crippen LogP contribution in [0, 0.1) is 0 Å². The maximum atomic E-state index is 12.2. The lowest BCUT2D eigenvalue weighted by Crippen LogP contribution is -2.33. The molecule has 0 aliphatic rings. The Bertz CT molecular complexity index is 1130. The third-order valence-corrected chi connectivity index (χ3v) is 4.71. The van der Waals surface area contributed by atoms with Crippen molar-refractivity contribution in [2.45, 2.75) is 6.04 Å². The Morgan fingerprint density at radius 3 is 2.56 bits per heavy atom. The lowest BCUT2D eigenvalue weighted by atomic mass is 10.1. The van der Waals surface area contributed by atoms with Gasteiger partial charge in [0, 0.05) is 51.2 Å². The van der Waals surface area contributed by atoms with Crippen LogP contribution in [0.25, 0.3) is 10.8 Å². The Balaban J connectivity index is 1.85. The molecule has 1 atom stereocenters. The number of aromatic nitrogens is 2. The highest BCUT2D eigenvalue weighted by molar-refractivity contribution is 6.00. The lowest BCUT2D eigenvalue weighted by Gasteiger charge is -2.14. The van der Waals surface area contributed by atoms with Gasteiger partial charge in [-0.25, -0.2) is 4.98 Å². The molecular formula is C22H27N7O3. The number of anilines is 3. The van der Waals surface area contributed by atoms with E-state index in [4.69, 9.17) is 16.2 Å². The number of rotatable bonds is 9. The number of nitrogens with two attached hydrogens (primary N) is 2. The number of hydrogen-bond acceptors (Lipinski definition) is 8. The number of primary amides is 1. The first-order valence-corrected chi connectivity index (χ1v) is 9.96. The third kappa shape index (κ3) is 5.48. The van der Waals surface area contributed by atoms with Gasteiger partial charge < -0.3 is 31.7 Å². The molecular weight excluding hydrogens is 410 g/mol. The smallest absolute Gasteiger partial charge is 0.254 e. The molecule has 0 bridgehead atoms. The number of nitrogens with zero attached hydrogens (tertiary/aromatic N) is 3. The van der Waals surface area contributed by atoms with Crippen LogP contribution in [0.3, 0.4) is 0 Å². The van der Waals surface area contributed by atoms with Crippen molar-refractivity contribution in [3.63, 3.8) is 0 Å². The predicted molar refractivity (Wildman–Crippen MR) is 124 cm³/mol. The molecule has 3 rings (SSSR count). The van der Waals surface area contributed by atoms with E-state index in [0.29, 0.717) is 30.4 Å². The molecule has 1 heterocycles. The average Bonchev–Trinajstić information content (AvgIpc) is 2.77. The van der Waals surface area contributed by atoms with Crippen LogP contribution < -0.4 is 22.1 Å². The van der Waals surface area contributed by atoms with Crippen LogP contribution in [-0.2, 0) is 4.74 Å². The Kier molecular flexibility index (Phi) is 7.18. The van der Waals surface area contributed by atoms with Gasteiger partial charge in [0.25, 0.3) is 11.8 Å². The van der Waals surface area contributed by atoms with Crippen LogP contribution in [0.15, 0.2) is 42.6 Å². The van der Waals surface area contributed by atoms with Crippen LogP contribution in [0.5, 0.6) is 0 Å². The number of fused-ring (bicyclic) bond motifs is 1. The van der Waals surface area contributed by atoms with Crippen molar-refractivity contribution in [2.75, 3.05) is 45.0 Å². The van der Waals surface area contributed by atoms with Gasteiger partial charge in [0.15, 0.2) is 0 Å². The highest BCUT2D eigenvalue weighted by Gasteiger charge is 2.14. The molecule has 1 aromatic heterocycles. The second-order valence-electron chi connectivity index (χ2n) is 7.52. The zero-order valence-electron chi connectivity index (χ0n) is 18.3. The highest BCUT2D eigenvalue weighted by atomic mass is 16.5. The summed E-state index contributed by atoms with van der Waals surface area (Å²) in [6.07, 6.45) is 1.36. The third-order valence-electron chi connectivity index (χ3n) is 4.71. The molecule has 2 aromatic carbocycles. The molecule has 168 valence electrons. The molecule has 6 N–H and O–H groups in total. The van der Waals surface area contributed by atoms with E-state index in [1.807, 2.05) is 30.3 Å². The lowest BCUT2D eigenvalue weighted by molar-refractivity contribution is 0.0827. The molecule has 2 amide bonds. The molecule has 10 nitrogen and oxygen atoms in total. The van der Waals surface area contributed by atoms with Crippen LogP contribution in [0.2, 0.25) is 0 Å². The summed E-state index contributed by atoms with van der Waals surface area (Å²) in [6, 6.07) is 10.9. The summed E-state index contributed by atoms with van der Waals surface area (Å²) < 4.78 is 5.01. The molecule has 0 fully saturated rings. The van der Waals surface area contributed by atoms with Gasteiger partial charge in [0.05, 0.1) is 6.61 Å². The first-order valence-electron chi connectivity index (χ1n) is 9.96. The monoisotopic (exact) mass is 437 g/mol. The van der Waals surface area contributed by atoms with Crippen LogP contribution in [-0.4, -0.2) is 67.1 Å². The van der Waals surface area contributed by atoms with Crippen molar-refractivity contribution in [2.24, 2.45) is 11.5 Å². The second kappa shape index (κ2) is 10.0. The van der Waals surface area contributed by atoms with Gasteiger partial charge in [0.2, 0.25) is 5.95 Å². The topological polar surface area (TPSA) is 148 Å². The molecule has 0 radical (unpaired) electrons. The van der Waals surface area contributed by atoms with Crippen molar-refractivity contribution in [3.05, 3.63) is 53.7 Å². The molecule has 0 saturated heterocycles. The Morgan fingerprint density at radius 2 is 1.88 bits per heavy atom. The number of ether oxygens (including phenoxy) is 1. The van der Waals surface area contributed by atoms with E-state index in [-0.39, 0.29) is 23.3 Å². The van der Waals surface area contributed by atoms with E-state index in [9.17, 15) is 9.59 Å². The van der Waals surface area contributed by atoms with Gasteiger partial charge in [0.1, 0.15) is 11.4 Å². The quantitative estimate of drug-likeness (QED) is 0.394. The normalized spacial score (nSPS) is 11.8. The number of hydrogen-bond donors (Lipinski definition) is 4. The van der Waals surface area contributed by atoms with Gasteiger partial charge in [-0.2, -0.15) is 4.98 Å². The number of carbonyl (C=O) groups is 2. The maximum Gasteiger partial charge on any atom is 0.254 e. The molecule has 0 saturated carbocycles. The summed E-state index contributed by atoms with van der Waals surface area (Å²) >= 11 is 0. The number of methoxy groups -OCH3 is 1. The number of benzene rings is 2. The number of amides is 2. The Hall–Kier alpha value is -3.76. The molecule has 32 heavy (non-hydrogen) atoms. The second-order valence-corrected chi connectivity index (χ2v) is 7.52. The van der Waals surface area contributed by atoms with Crippen molar-refractivity contribution in [3.8, 4) is 0 Å². The fourth-order valence-electron chi connectivity index (χ4n) is 3.09. The largest absolute Gasteiger partial charge is 0.383 e. The van der Waals surface area contributed by atoms with Crippen molar-refractivity contribution in [1.82, 2.24) is 14.9 Å².